The molecular formula is C15H32NNaO3S. The minimum absolute atomic E-state index is 0. The third-order valence-corrected chi connectivity index (χ3v) is 4.40. The molecule has 122 valence electrons. The van der Waals surface area contributed by atoms with Gasteiger partial charge in [-0.05, 0) is 12.8 Å². The molecule has 0 spiro atoms. The number of hydrogen-bond acceptors (Lipinski definition) is 4. The van der Waals surface area contributed by atoms with Gasteiger partial charge < -0.3 is 10.3 Å². The van der Waals surface area contributed by atoms with Gasteiger partial charge in [0.25, 0.3) is 0 Å². The summed E-state index contributed by atoms with van der Waals surface area (Å²) in [5.74, 6) is -0.327. The maximum atomic E-state index is 10.5. The summed E-state index contributed by atoms with van der Waals surface area (Å²) in [6, 6.07) is -0.146. The third-order valence-electron chi connectivity index (χ3n) is 3.67. The van der Waals surface area contributed by atoms with E-state index in [0.717, 1.165) is 19.3 Å². The Labute approximate surface area is 153 Å². The summed E-state index contributed by atoms with van der Waals surface area (Å²) >= 11 is 0. The van der Waals surface area contributed by atoms with Gasteiger partial charge in [-0.3, -0.25) is 0 Å². The molecule has 0 heterocycles. The van der Waals surface area contributed by atoms with Gasteiger partial charge in [-0.25, -0.2) is 8.42 Å². The normalized spacial score (nSPS) is 12.9. The Balaban J connectivity index is 0. The molecule has 0 radical (unpaired) electrons. The topological polar surface area (TPSA) is 83.2 Å². The van der Waals surface area contributed by atoms with Crippen LogP contribution in [0.5, 0.6) is 0 Å². The first-order valence-electron chi connectivity index (χ1n) is 8.15. The van der Waals surface area contributed by atoms with Crippen molar-refractivity contribution >= 4 is 10.1 Å². The average molecular weight is 329 g/mol. The zero-order valence-corrected chi connectivity index (χ0v) is 16.8. The molecule has 2 N–H and O–H groups in total. The van der Waals surface area contributed by atoms with Crippen LogP contribution < -0.4 is 35.3 Å². The maximum Gasteiger partial charge on any atom is 1.00 e. The molecule has 0 aromatic heterocycles. The van der Waals surface area contributed by atoms with Gasteiger partial charge in [-0.2, -0.15) is 0 Å². The van der Waals surface area contributed by atoms with Crippen LogP contribution in [0.3, 0.4) is 0 Å². The van der Waals surface area contributed by atoms with Gasteiger partial charge in [-0.1, -0.05) is 71.1 Å². The second kappa shape index (κ2) is 15.8. The van der Waals surface area contributed by atoms with Gasteiger partial charge in [-0.15, -0.1) is 0 Å². The van der Waals surface area contributed by atoms with Crippen LogP contribution in [-0.4, -0.2) is 24.8 Å². The Bertz CT molecular complexity index is 310. The number of unbranched alkanes of at least 4 members (excludes halogenated alkanes) is 9. The summed E-state index contributed by atoms with van der Waals surface area (Å²) < 4.78 is 31.4. The van der Waals surface area contributed by atoms with E-state index in [-0.39, 0.29) is 41.4 Å². The first-order chi connectivity index (χ1) is 9.45. The Kier molecular flexibility index (Phi) is 18.1. The van der Waals surface area contributed by atoms with E-state index in [1.807, 2.05) is 0 Å². The molecule has 0 aromatic rings. The molecule has 0 fully saturated rings. The Morgan fingerprint density at radius 1 is 0.857 bits per heavy atom. The van der Waals surface area contributed by atoms with Crippen LogP contribution in [0.15, 0.2) is 0 Å². The van der Waals surface area contributed by atoms with Crippen LogP contribution in [-0.2, 0) is 10.1 Å². The van der Waals surface area contributed by atoms with Crippen LogP contribution in [0, 0.1) is 0 Å². The molecule has 6 heteroatoms. The predicted molar refractivity (Wildman–Crippen MR) is 83.6 cm³/mol. The quantitative estimate of drug-likeness (QED) is 0.287. The molecule has 0 aromatic carbocycles. The zero-order valence-electron chi connectivity index (χ0n) is 14.0. The van der Waals surface area contributed by atoms with Gasteiger partial charge in [0.05, 0.1) is 10.1 Å². The monoisotopic (exact) mass is 329 g/mol. The van der Waals surface area contributed by atoms with E-state index < -0.39 is 10.1 Å². The van der Waals surface area contributed by atoms with E-state index in [1.54, 1.807) is 0 Å². The van der Waals surface area contributed by atoms with E-state index in [9.17, 15) is 13.0 Å². The van der Waals surface area contributed by atoms with Crippen LogP contribution in [0.25, 0.3) is 0 Å². The molecule has 0 bridgehead atoms. The first-order valence-corrected chi connectivity index (χ1v) is 9.72. The van der Waals surface area contributed by atoms with Gasteiger partial charge in [0, 0.05) is 11.8 Å². The minimum atomic E-state index is -4.10. The van der Waals surface area contributed by atoms with Crippen molar-refractivity contribution in [1.82, 2.24) is 0 Å². The SMILES string of the molecule is CCCCCCCCCCCCC(N)CCS(=O)(=O)[O-].[Na+]. The second-order valence-electron chi connectivity index (χ2n) is 5.78. The Morgan fingerprint density at radius 3 is 1.71 bits per heavy atom. The fraction of sp³-hybridized carbons (Fsp3) is 1.00. The van der Waals surface area contributed by atoms with Crippen molar-refractivity contribution in [2.24, 2.45) is 5.73 Å². The third kappa shape index (κ3) is 20.9. The molecule has 0 aliphatic carbocycles. The second-order valence-corrected chi connectivity index (χ2v) is 7.30. The van der Waals surface area contributed by atoms with Crippen molar-refractivity contribution in [1.29, 1.82) is 0 Å². The number of rotatable bonds is 14. The van der Waals surface area contributed by atoms with Gasteiger partial charge in [0.1, 0.15) is 0 Å². The smallest absolute Gasteiger partial charge is 0.748 e. The summed E-state index contributed by atoms with van der Waals surface area (Å²) in [5.41, 5.74) is 5.79. The summed E-state index contributed by atoms with van der Waals surface area (Å²) in [4.78, 5) is 0. The molecule has 0 aliphatic rings. The summed E-state index contributed by atoms with van der Waals surface area (Å²) in [6.45, 7) is 2.23. The van der Waals surface area contributed by atoms with Crippen molar-refractivity contribution < 1.29 is 42.5 Å². The number of nitrogens with two attached hydrogens (primary N) is 1. The van der Waals surface area contributed by atoms with Crippen molar-refractivity contribution in [2.75, 3.05) is 5.75 Å². The molecule has 0 saturated carbocycles. The maximum absolute atomic E-state index is 10.5. The van der Waals surface area contributed by atoms with Crippen molar-refractivity contribution in [3.63, 3.8) is 0 Å². The molecule has 4 nitrogen and oxygen atoms in total. The first kappa shape index (κ1) is 24.1. The van der Waals surface area contributed by atoms with Crippen molar-refractivity contribution in [3.8, 4) is 0 Å². The molecule has 1 unspecified atom stereocenters. The van der Waals surface area contributed by atoms with Crippen LogP contribution in [0.4, 0.5) is 0 Å². The van der Waals surface area contributed by atoms with Crippen LogP contribution in [0.1, 0.15) is 84.0 Å². The largest absolute Gasteiger partial charge is 1.00 e. The average Bonchev–Trinajstić information content (AvgIpc) is 2.38. The van der Waals surface area contributed by atoms with E-state index in [4.69, 9.17) is 5.73 Å². The summed E-state index contributed by atoms with van der Waals surface area (Å²) in [7, 11) is -4.10. The zero-order chi connectivity index (χ0) is 15.3. The van der Waals surface area contributed by atoms with Crippen molar-refractivity contribution in [2.45, 2.75) is 90.0 Å². The van der Waals surface area contributed by atoms with E-state index in [1.165, 1.54) is 51.4 Å². The fourth-order valence-corrected chi connectivity index (χ4v) is 2.93. The van der Waals surface area contributed by atoms with Gasteiger partial charge >= 0.3 is 29.6 Å². The molecule has 0 aliphatic heterocycles. The summed E-state index contributed by atoms with van der Waals surface area (Å²) in [6.07, 6.45) is 13.9. The van der Waals surface area contributed by atoms with Crippen molar-refractivity contribution in [3.05, 3.63) is 0 Å². The molecule has 0 rings (SSSR count). The summed E-state index contributed by atoms with van der Waals surface area (Å²) in [5, 5.41) is 0. The standard InChI is InChI=1S/C15H33NO3S.Na/c1-2-3-4-5-6-7-8-9-10-11-12-15(16)13-14-20(17,18)19;/h15H,2-14,16H2,1H3,(H,17,18,19);/q;+1/p-1. The fourth-order valence-electron chi connectivity index (χ4n) is 2.33. The van der Waals surface area contributed by atoms with E-state index in [0.29, 0.717) is 6.42 Å². The van der Waals surface area contributed by atoms with Gasteiger partial charge in [0.15, 0.2) is 0 Å². The van der Waals surface area contributed by atoms with E-state index in [2.05, 4.69) is 6.92 Å². The molecule has 0 saturated heterocycles. The minimum Gasteiger partial charge on any atom is -0.748 e. The molecule has 0 amide bonds. The van der Waals surface area contributed by atoms with Crippen LogP contribution in [0.2, 0.25) is 0 Å². The predicted octanol–water partition coefficient (Wildman–Crippen LogP) is 0.564. The molecular weight excluding hydrogens is 297 g/mol. The molecule has 21 heavy (non-hydrogen) atoms. The van der Waals surface area contributed by atoms with Crippen LogP contribution >= 0.6 is 0 Å². The van der Waals surface area contributed by atoms with Gasteiger partial charge in [0.2, 0.25) is 0 Å². The number of hydrogen-bond donors (Lipinski definition) is 1. The Morgan fingerprint density at radius 2 is 1.29 bits per heavy atom. The van der Waals surface area contributed by atoms with E-state index >= 15 is 0 Å². The Hall–Kier alpha value is 0.870. The molecule has 1 atom stereocenters.